The average Bonchev–Trinajstić information content (AvgIpc) is 2.86. The molecule has 20 heavy (non-hydrogen) atoms. The summed E-state index contributed by atoms with van der Waals surface area (Å²) < 4.78 is 1.98. The van der Waals surface area contributed by atoms with Crippen molar-refractivity contribution in [2.75, 3.05) is 6.54 Å². The lowest BCUT2D eigenvalue weighted by Gasteiger charge is -2.12. The van der Waals surface area contributed by atoms with Crippen LogP contribution in [-0.2, 0) is 6.54 Å². The van der Waals surface area contributed by atoms with Crippen molar-refractivity contribution in [2.45, 2.75) is 38.6 Å². The van der Waals surface area contributed by atoms with Gasteiger partial charge in [-0.25, -0.2) is 4.98 Å². The number of fused-ring (bicyclic) bond motifs is 1. The molecule has 0 atom stereocenters. The lowest BCUT2D eigenvalue weighted by atomic mass is 9.97. The fraction of sp³-hybridized carbons (Fsp3) is 0.438. The van der Waals surface area contributed by atoms with Crippen LogP contribution >= 0.6 is 11.6 Å². The topological polar surface area (TPSA) is 29.3 Å². The van der Waals surface area contributed by atoms with E-state index in [-0.39, 0.29) is 0 Å². The number of nitrogens with one attached hydrogen (secondary N) is 1. The number of rotatable bonds is 5. The van der Waals surface area contributed by atoms with Crippen molar-refractivity contribution >= 4 is 17.2 Å². The SMILES string of the molecule is Clc1ccc2nc(CNCCC3=CCCCC3)cn2c1. The summed E-state index contributed by atoms with van der Waals surface area (Å²) in [6.07, 6.45) is 12.8. The Hall–Kier alpha value is -1.32. The fourth-order valence-electron chi connectivity index (χ4n) is 2.70. The molecule has 2 aromatic rings. The summed E-state index contributed by atoms with van der Waals surface area (Å²) >= 11 is 5.97. The number of nitrogens with zero attached hydrogens (tertiary/aromatic N) is 2. The van der Waals surface area contributed by atoms with Gasteiger partial charge in [0.15, 0.2) is 0 Å². The van der Waals surface area contributed by atoms with Crippen LogP contribution in [0.25, 0.3) is 5.65 Å². The Bertz CT molecular complexity index is 615. The van der Waals surface area contributed by atoms with Crippen LogP contribution in [0.15, 0.2) is 36.2 Å². The Morgan fingerprint density at radius 2 is 2.20 bits per heavy atom. The molecule has 0 spiro atoms. The molecule has 3 nitrogen and oxygen atoms in total. The third-order valence-electron chi connectivity index (χ3n) is 3.78. The molecule has 4 heteroatoms. The minimum absolute atomic E-state index is 0.735. The molecule has 1 N–H and O–H groups in total. The standard InChI is InChI=1S/C16H20ClN3/c17-14-6-7-16-19-15(12-20(16)11-14)10-18-9-8-13-4-2-1-3-5-13/h4,6-7,11-12,18H,1-3,5,8-10H2. The van der Waals surface area contributed by atoms with E-state index < -0.39 is 0 Å². The van der Waals surface area contributed by atoms with Crippen LogP contribution in [0.1, 0.15) is 37.8 Å². The highest BCUT2D eigenvalue weighted by molar-refractivity contribution is 6.30. The van der Waals surface area contributed by atoms with Gasteiger partial charge in [0.25, 0.3) is 0 Å². The van der Waals surface area contributed by atoms with E-state index in [0.717, 1.165) is 29.5 Å². The molecule has 1 aliphatic carbocycles. The van der Waals surface area contributed by atoms with E-state index in [1.54, 1.807) is 5.57 Å². The molecule has 0 bridgehead atoms. The van der Waals surface area contributed by atoms with Crippen LogP contribution in [-0.4, -0.2) is 15.9 Å². The molecule has 0 aromatic carbocycles. The lowest BCUT2D eigenvalue weighted by molar-refractivity contribution is 0.629. The maximum atomic E-state index is 5.97. The zero-order valence-electron chi connectivity index (χ0n) is 11.6. The van der Waals surface area contributed by atoms with Crippen LogP contribution in [0, 0.1) is 0 Å². The summed E-state index contributed by atoms with van der Waals surface area (Å²) in [5.74, 6) is 0. The molecule has 0 saturated carbocycles. The quantitative estimate of drug-likeness (QED) is 0.667. The monoisotopic (exact) mass is 289 g/mol. The zero-order chi connectivity index (χ0) is 13.8. The third-order valence-corrected chi connectivity index (χ3v) is 4.00. The Balaban J connectivity index is 1.51. The van der Waals surface area contributed by atoms with E-state index in [1.807, 2.05) is 28.9 Å². The lowest BCUT2D eigenvalue weighted by Crippen LogP contribution is -2.15. The van der Waals surface area contributed by atoms with Gasteiger partial charge in [0.1, 0.15) is 5.65 Å². The van der Waals surface area contributed by atoms with E-state index in [2.05, 4.69) is 16.4 Å². The highest BCUT2D eigenvalue weighted by Gasteiger charge is 2.04. The van der Waals surface area contributed by atoms with Gasteiger partial charge in [-0.05, 0) is 50.8 Å². The number of aromatic nitrogens is 2. The Morgan fingerprint density at radius 3 is 3.05 bits per heavy atom. The number of imidazole rings is 1. The predicted molar refractivity (Wildman–Crippen MR) is 83.1 cm³/mol. The molecule has 106 valence electrons. The van der Waals surface area contributed by atoms with Crippen molar-refractivity contribution in [1.29, 1.82) is 0 Å². The van der Waals surface area contributed by atoms with E-state index in [4.69, 9.17) is 11.6 Å². The smallest absolute Gasteiger partial charge is 0.137 e. The van der Waals surface area contributed by atoms with E-state index in [0.29, 0.717) is 0 Å². The second-order valence-electron chi connectivity index (χ2n) is 5.38. The van der Waals surface area contributed by atoms with Gasteiger partial charge in [-0.1, -0.05) is 23.3 Å². The summed E-state index contributed by atoms with van der Waals surface area (Å²) in [4.78, 5) is 4.57. The van der Waals surface area contributed by atoms with Gasteiger partial charge in [0.05, 0.1) is 10.7 Å². The average molecular weight is 290 g/mol. The van der Waals surface area contributed by atoms with Crippen molar-refractivity contribution in [3.63, 3.8) is 0 Å². The van der Waals surface area contributed by atoms with Crippen LogP contribution in [0.5, 0.6) is 0 Å². The van der Waals surface area contributed by atoms with Gasteiger partial charge < -0.3 is 9.72 Å². The Kier molecular flexibility index (Phi) is 4.38. The largest absolute Gasteiger partial charge is 0.311 e. The first-order valence-electron chi connectivity index (χ1n) is 7.33. The number of halogens is 1. The first-order chi connectivity index (χ1) is 9.81. The van der Waals surface area contributed by atoms with Crippen molar-refractivity contribution in [2.24, 2.45) is 0 Å². The van der Waals surface area contributed by atoms with Gasteiger partial charge in [-0.3, -0.25) is 0 Å². The first-order valence-corrected chi connectivity index (χ1v) is 7.71. The van der Waals surface area contributed by atoms with Crippen molar-refractivity contribution in [3.8, 4) is 0 Å². The highest BCUT2D eigenvalue weighted by Crippen LogP contribution is 2.19. The van der Waals surface area contributed by atoms with Gasteiger partial charge in [-0.15, -0.1) is 0 Å². The molecule has 0 aliphatic heterocycles. The minimum Gasteiger partial charge on any atom is -0.311 e. The van der Waals surface area contributed by atoms with Crippen LogP contribution in [0.4, 0.5) is 0 Å². The van der Waals surface area contributed by atoms with Crippen molar-refractivity contribution in [1.82, 2.24) is 14.7 Å². The van der Waals surface area contributed by atoms with Gasteiger partial charge >= 0.3 is 0 Å². The Labute approximate surface area is 124 Å². The summed E-state index contributed by atoms with van der Waals surface area (Å²) in [6.45, 7) is 1.84. The second kappa shape index (κ2) is 6.42. The van der Waals surface area contributed by atoms with Gasteiger partial charge in [-0.2, -0.15) is 0 Å². The van der Waals surface area contributed by atoms with E-state index >= 15 is 0 Å². The van der Waals surface area contributed by atoms with Gasteiger partial charge in [0.2, 0.25) is 0 Å². The highest BCUT2D eigenvalue weighted by atomic mass is 35.5. The summed E-state index contributed by atoms with van der Waals surface area (Å²) in [7, 11) is 0. The molecule has 2 heterocycles. The molecule has 1 aliphatic rings. The van der Waals surface area contributed by atoms with Crippen LogP contribution < -0.4 is 5.32 Å². The number of pyridine rings is 1. The molecule has 0 fully saturated rings. The third kappa shape index (κ3) is 3.41. The number of allylic oxidation sites excluding steroid dienone is 1. The Morgan fingerprint density at radius 1 is 1.25 bits per heavy atom. The number of hydrogen-bond donors (Lipinski definition) is 1. The molecule has 0 saturated heterocycles. The first kappa shape index (κ1) is 13.7. The zero-order valence-corrected chi connectivity index (χ0v) is 12.4. The second-order valence-corrected chi connectivity index (χ2v) is 5.82. The van der Waals surface area contributed by atoms with Crippen LogP contribution in [0.2, 0.25) is 5.02 Å². The molecule has 3 rings (SSSR count). The summed E-state index contributed by atoms with van der Waals surface area (Å²) in [6, 6.07) is 3.81. The molecule has 0 amide bonds. The predicted octanol–water partition coefficient (Wildman–Crippen LogP) is 3.97. The maximum absolute atomic E-state index is 5.97. The maximum Gasteiger partial charge on any atom is 0.137 e. The summed E-state index contributed by atoms with van der Waals surface area (Å²) in [5.41, 5.74) is 3.62. The van der Waals surface area contributed by atoms with Crippen molar-refractivity contribution in [3.05, 3.63) is 46.9 Å². The minimum atomic E-state index is 0.735. The van der Waals surface area contributed by atoms with Gasteiger partial charge in [0, 0.05) is 18.9 Å². The molecule has 0 radical (unpaired) electrons. The summed E-state index contributed by atoms with van der Waals surface area (Å²) in [5, 5.41) is 4.21. The molecule has 2 aromatic heterocycles. The molecular formula is C16H20ClN3. The normalized spacial score (nSPS) is 15.6. The van der Waals surface area contributed by atoms with Crippen LogP contribution in [0.3, 0.4) is 0 Å². The van der Waals surface area contributed by atoms with Crippen molar-refractivity contribution < 1.29 is 0 Å². The van der Waals surface area contributed by atoms with E-state index in [9.17, 15) is 0 Å². The fourth-order valence-corrected chi connectivity index (χ4v) is 2.87. The van der Waals surface area contributed by atoms with E-state index in [1.165, 1.54) is 32.1 Å². The molecular weight excluding hydrogens is 270 g/mol. The molecule has 0 unspecified atom stereocenters. The number of hydrogen-bond acceptors (Lipinski definition) is 2.